The van der Waals surface area contributed by atoms with Crippen LogP contribution in [0, 0.1) is 13.8 Å². The van der Waals surface area contributed by atoms with Gasteiger partial charge in [-0.25, -0.2) is 4.90 Å². The van der Waals surface area contributed by atoms with E-state index in [4.69, 9.17) is 0 Å². The van der Waals surface area contributed by atoms with Crippen molar-refractivity contribution in [1.82, 2.24) is 0 Å². The summed E-state index contributed by atoms with van der Waals surface area (Å²) >= 11 is 0. The summed E-state index contributed by atoms with van der Waals surface area (Å²) in [5.41, 5.74) is 3.97. The van der Waals surface area contributed by atoms with E-state index in [2.05, 4.69) is 0 Å². The lowest BCUT2D eigenvalue weighted by molar-refractivity contribution is 0.0893. The van der Waals surface area contributed by atoms with Crippen LogP contribution in [0.2, 0.25) is 0 Å². The van der Waals surface area contributed by atoms with Gasteiger partial charge in [-0.05, 0) is 54.6 Å². The largest absolute Gasteiger partial charge is 0.268 e. The van der Waals surface area contributed by atoms with E-state index in [-0.39, 0.29) is 11.8 Å². The molecule has 112 valence electrons. The minimum atomic E-state index is -0.262. The smallest absolute Gasteiger partial charge is 0.265 e. The first-order valence-corrected chi connectivity index (χ1v) is 7.56. The number of hydrogen-bond donors (Lipinski definition) is 0. The average molecular weight is 301 g/mol. The highest BCUT2D eigenvalue weighted by molar-refractivity contribution is 6.35. The normalized spacial score (nSPS) is 13.7. The minimum absolute atomic E-state index is 0.262. The SMILES string of the molecule is Cc1ccc(N2C(=O)c3cccc4cccc(c34)C2=O)cc1C. The van der Waals surface area contributed by atoms with Gasteiger partial charge in [0, 0.05) is 16.5 Å². The number of hydrogen-bond acceptors (Lipinski definition) is 2. The molecule has 0 spiro atoms. The van der Waals surface area contributed by atoms with E-state index in [1.807, 2.05) is 56.3 Å². The van der Waals surface area contributed by atoms with E-state index in [0.717, 1.165) is 21.9 Å². The lowest BCUT2D eigenvalue weighted by atomic mass is 9.93. The van der Waals surface area contributed by atoms with Crippen LogP contribution in [0.4, 0.5) is 5.69 Å². The number of aryl methyl sites for hydroxylation is 2. The third kappa shape index (κ3) is 1.90. The number of nitrogens with zero attached hydrogens (tertiary/aromatic N) is 1. The van der Waals surface area contributed by atoms with Gasteiger partial charge in [0.2, 0.25) is 0 Å². The summed E-state index contributed by atoms with van der Waals surface area (Å²) in [7, 11) is 0. The van der Waals surface area contributed by atoms with E-state index in [0.29, 0.717) is 16.8 Å². The van der Waals surface area contributed by atoms with Crippen molar-refractivity contribution in [1.29, 1.82) is 0 Å². The molecule has 3 heteroatoms. The van der Waals surface area contributed by atoms with Crippen molar-refractivity contribution in [3.63, 3.8) is 0 Å². The average Bonchev–Trinajstić information content (AvgIpc) is 2.56. The molecule has 3 aromatic carbocycles. The molecule has 0 N–H and O–H groups in total. The second kappa shape index (κ2) is 4.78. The maximum atomic E-state index is 12.9. The third-order valence-corrected chi connectivity index (χ3v) is 4.52. The fourth-order valence-electron chi connectivity index (χ4n) is 3.13. The van der Waals surface area contributed by atoms with Crippen LogP contribution in [0.3, 0.4) is 0 Å². The lowest BCUT2D eigenvalue weighted by Crippen LogP contribution is -2.40. The van der Waals surface area contributed by atoms with Crippen LogP contribution >= 0.6 is 0 Å². The number of amides is 2. The van der Waals surface area contributed by atoms with Crippen molar-refractivity contribution in [3.8, 4) is 0 Å². The highest BCUT2D eigenvalue weighted by Gasteiger charge is 2.33. The Bertz CT molecular complexity index is 937. The molecule has 0 radical (unpaired) electrons. The third-order valence-electron chi connectivity index (χ3n) is 4.52. The minimum Gasteiger partial charge on any atom is -0.268 e. The molecule has 0 aliphatic carbocycles. The molecule has 3 nitrogen and oxygen atoms in total. The van der Waals surface area contributed by atoms with Crippen molar-refractivity contribution in [2.75, 3.05) is 4.90 Å². The highest BCUT2D eigenvalue weighted by Crippen LogP contribution is 2.33. The molecule has 1 aliphatic rings. The maximum absolute atomic E-state index is 12.9. The van der Waals surface area contributed by atoms with Crippen molar-refractivity contribution >= 4 is 28.3 Å². The Morgan fingerprint density at radius 3 is 1.91 bits per heavy atom. The van der Waals surface area contributed by atoms with Gasteiger partial charge in [-0.15, -0.1) is 0 Å². The van der Waals surface area contributed by atoms with Crippen LogP contribution in [0.25, 0.3) is 10.8 Å². The number of anilines is 1. The summed E-state index contributed by atoms with van der Waals surface area (Å²) in [6.45, 7) is 3.99. The molecule has 0 fully saturated rings. The summed E-state index contributed by atoms with van der Waals surface area (Å²) in [5, 5.41) is 1.67. The van der Waals surface area contributed by atoms with Gasteiger partial charge in [0.15, 0.2) is 0 Å². The molecule has 0 bridgehead atoms. The quantitative estimate of drug-likeness (QED) is 0.630. The van der Waals surface area contributed by atoms with E-state index in [1.54, 1.807) is 12.1 Å². The van der Waals surface area contributed by atoms with E-state index in [9.17, 15) is 9.59 Å². The molecule has 3 aromatic rings. The Balaban J connectivity index is 1.97. The Labute approximate surface area is 134 Å². The van der Waals surface area contributed by atoms with Crippen LogP contribution < -0.4 is 4.90 Å². The van der Waals surface area contributed by atoms with Crippen LogP contribution in [-0.4, -0.2) is 11.8 Å². The molecule has 2 amide bonds. The van der Waals surface area contributed by atoms with Crippen molar-refractivity contribution in [2.24, 2.45) is 0 Å². The maximum Gasteiger partial charge on any atom is 0.265 e. The van der Waals surface area contributed by atoms with Crippen molar-refractivity contribution < 1.29 is 9.59 Å². The first-order valence-electron chi connectivity index (χ1n) is 7.56. The van der Waals surface area contributed by atoms with Crippen LogP contribution in [0.5, 0.6) is 0 Å². The van der Waals surface area contributed by atoms with Crippen LogP contribution in [-0.2, 0) is 0 Å². The summed E-state index contributed by atoms with van der Waals surface area (Å²) < 4.78 is 0. The zero-order valence-electron chi connectivity index (χ0n) is 13.0. The number of benzene rings is 3. The van der Waals surface area contributed by atoms with Gasteiger partial charge in [0.05, 0.1) is 5.69 Å². The highest BCUT2D eigenvalue weighted by atomic mass is 16.2. The van der Waals surface area contributed by atoms with Gasteiger partial charge in [0.25, 0.3) is 11.8 Å². The summed E-state index contributed by atoms with van der Waals surface area (Å²) in [6, 6.07) is 16.8. The van der Waals surface area contributed by atoms with Gasteiger partial charge in [-0.2, -0.15) is 0 Å². The molecular formula is C20H15NO2. The molecular weight excluding hydrogens is 286 g/mol. The van der Waals surface area contributed by atoms with Gasteiger partial charge in [0.1, 0.15) is 0 Å². The number of carbonyl (C=O) groups is 2. The molecule has 4 rings (SSSR count). The molecule has 0 saturated carbocycles. The van der Waals surface area contributed by atoms with Gasteiger partial charge < -0.3 is 0 Å². The summed E-state index contributed by atoms with van der Waals surface area (Å²) in [5.74, 6) is -0.523. The standard InChI is InChI=1S/C20H15NO2/c1-12-9-10-15(11-13(12)2)21-19(22)16-7-3-5-14-6-4-8-17(18(14)16)20(21)23/h3-11H,1-2H3. The Hall–Kier alpha value is -2.94. The topological polar surface area (TPSA) is 37.4 Å². The predicted octanol–water partition coefficient (Wildman–Crippen LogP) is 4.26. The van der Waals surface area contributed by atoms with E-state index in [1.165, 1.54) is 4.90 Å². The number of imide groups is 1. The Kier molecular flexibility index (Phi) is 2.85. The second-order valence-electron chi connectivity index (χ2n) is 5.92. The van der Waals surface area contributed by atoms with Gasteiger partial charge in [-0.1, -0.05) is 30.3 Å². The number of carbonyl (C=O) groups excluding carboxylic acids is 2. The monoisotopic (exact) mass is 301 g/mol. The second-order valence-corrected chi connectivity index (χ2v) is 5.92. The molecule has 23 heavy (non-hydrogen) atoms. The Morgan fingerprint density at radius 2 is 1.35 bits per heavy atom. The van der Waals surface area contributed by atoms with Crippen molar-refractivity contribution in [3.05, 3.63) is 76.9 Å². The van der Waals surface area contributed by atoms with Gasteiger partial charge >= 0.3 is 0 Å². The molecule has 0 atom stereocenters. The zero-order chi connectivity index (χ0) is 16.1. The summed E-state index contributed by atoms with van der Waals surface area (Å²) in [6.07, 6.45) is 0. The molecule has 1 heterocycles. The van der Waals surface area contributed by atoms with E-state index < -0.39 is 0 Å². The fourth-order valence-corrected chi connectivity index (χ4v) is 3.13. The van der Waals surface area contributed by atoms with E-state index >= 15 is 0 Å². The summed E-state index contributed by atoms with van der Waals surface area (Å²) in [4.78, 5) is 27.1. The molecule has 0 unspecified atom stereocenters. The lowest BCUT2D eigenvalue weighted by Gasteiger charge is -2.27. The first-order chi connectivity index (χ1) is 11.1. The number of rotatable bonds is 1. The van der Waals surface area contributed by atoms with Crippen LogP contribution in [0.15, 0.2) is 54.6 Å². The van der Waals surface area contributed by atoms with Crippen molar-refractivity contribution in [2.45, 2.75) is 13.8 Å². The fraction of sp³-hybridized carbons (Fsp3) is 0.100. The predicted molar refractivity (Wildman–Crippen MR) is 91.0 cm³/mol. The van der Waals surface area contributed by atoms with Crippen LogP contribution in [0.1, 0.15) is 31.8 Å². The Morgan fingerprint density at radius 1 is 0.739 bits per heavy atom. The molecule has 0 saturated heterocycles. The molecule has 1 aliphatic heterocycles. The van der Waals surface area contributed by atoms with Gasteiger partial charge in [-0.3, -0.25) is 9.59 Å². The zero-order valence-corrected chi connectivity index (χ0v) is 13.0. The first kappa shape index (κ1) is 13.7. The molecule has 0 aromatic heterocycles.